The van der Waals surface area contributed by atoms with E-state index in [-0.39, 0.29) is 11.8 Å². The molecule has 0 fully saturated rings. The van der Waals surface area contributed by atoms with Crippen molar-refractivity contribution in [3.63, 3.8) is 0 Å². The molecule has 2 unspecified atom stereocenters. The predicted molar refractivity (Wildman–Crippen MR) is 98.2 cm³/mol. The normalized spacial score (nSPS) is 17.7. The lowest BCUT2D eigenvalue weighted by Gasteiger charge is -2.26. The smallest absolute Gasteiger partial charge is 0.380 e. The summed E-state index contributed by atoms with van der Waals surface area (Å²) in [6.07, 6.45) is -0.750. The number of benzene rings is 1. The summed E-state index contributed by atoms with van der Waals surface area (Å²) in [6, 6.07) is 4.88. The van der Waals surface area contributed by atoms with Crippen LogP contribution in [0.5, 0.6) is 5.75 Å². The van der Waals surface area contributed by atoms with E-state index in [4.69, 9.17) is 15.8 Å². The third kappa shape index (κ3) is 5.33. The number of aromatic nitrogens is 2. The molecule has 0 spiro atoms. The summed E-state index contributed by atoms with van der Waals surface area (Å²) in [5, 5.41) is 3.84. The Kier molecular flexibility index (Phi) is 6.41. The number of aryl methyl sites for hydroxylation is 2. The molecular weight excluding hydrogens is 419 g/mol. The van der Waals surface area contributed by atoms with Crippen LogP contribution in [0.4, 0.5) is 19.0 Å². The first-order valence-corrected chi connectivity index (χ1v) is 9.87. The van der Waals surface area contributed by atoms with E-state index in [1.165, 1.54) is 12.4 Å². The zero-order valence-electron chi connectivity index (χ0n) is 14.8. The highest BCUT2D eigenvalue weighted by Crippen LogP contribution is 2.30. The van der Waals surface area contributed by atoms with Gasteiger partial charge in [-0.1, -0.05) is 24.6 Å². The molecule has 1 heterocycles. The fraction of sp³-hybridized carbons (Fsp3) is 0.412. The van der Waals surface area contributed by atoms with Crippen molar-refractivity contribution in [1.29, 1.82) is 0 Å². The number of hydrogen-bond acceptors (Lipinski definition) is 6. The van der Waals surface area contributed by atoms with Gasteiger partial charge < -0.3 is 9.50 Å². The number of anilines is 1. The third-order valence-corrected chi connectivity index (χ3v) is 5.32. The monoisotopic (exact) mass is 435 g/mol. The Morgan fingerprint density at radius 1 is 1.32 bits per heavy atom. The lowest BCUT2D eigenvalue weighted by Crippen LogP contribution is -2.28. The zero-order chi connectivity index (χ0) is 20.3. The van der Waals surface area contributed by atoms with Crippen LogP contribution in [-0.2, 0) is 34.8 Å². The lowest BCUT2D eigenvalue weighted by atomic mass is 9.88. The van der Waals surface area contributed by atoms with Crippen molar-refractivity contribution in [2.75, 3.05) is 5.32 Å². The predicted octanol–water partition coefficient (Wildman–Crippen LogP) is 4.16. The quantitative estimate of drug-likeness (QED) is 0.734. The Hall–Kier alpha value is -1.91. The largest absolute Gasteiger partial charge is 0.537 e. The molecule has 28 heavy (non-hydrogen) atoms. The van der Waals surface area contributed by atoms with Crippen LogP contribution in [0.2, 0.25) is 5.02 Å². The minimum Gasteiger partial charge on any atom is -0.380 e. The minimum atomic E-state index is -5.03. The van der Waals surface area contributed by atoms with Gasteiger partial charge in [-0.2, -0.15) is 8.39 Å². The second-order valence-electron chi connectivity index (χ2n) is 6.17. The number of alkyl halides is 3. The SMILES string of the molecule is CCc1ncnc(NC2CCc3cc(OS(=O)OC(F)(F)F)ccc3C2)c1Cl. The van der Waals surface area contributed by atoms with Crippen LogP contribution in [0.15, 0.2) is 24.5 Å². The number of rotatable bonds is 6. The molecule has 6 nitrogen and oxygen atoms in total. The summed E-state index contributed by atoms with van der Waals surface area (Å²) in [6.45, 7) is 1.96. The highest BCUT2D eigenvalue weighted by molar-refractivity contribution is 7.75. The van der Waals surface area contributed by atoms with Gasteiger partial charge in [0.2, 0.25) is 0 Å². The van der Waals surface area contributed by atoms with Crippen LogP contribution < -0.4 is 9.50 Å². The van der Waals surface area contributed by atoms with Crippen LogP contribution >= 0.6 is 11.6 Å². The molecule has 1 aromatic carbocycles. The fourth-order valence-electron chi connectivity index (χ4n) is 3.03. The van der Waals surface area contributed by atoms with Gasteiger partial charge >= 0.3 is 17.7 Å². The second kappa shape index (κ2) is 8.62. The Bertz CT molecular complexity index is 882. The van der Waals surface area contributed by atoms with Crippen LogP contribution in [0.3, 0.4) is 0 Å². The van der Waals surface area contributed by atoms with E-state index in [1.54, 1.807) is 12.1 Å². The van der Waals surface area contributed by atoms with Crippen LogP contribution in [0.25, 0.3) is 0 Å². The average molecular weight is 436 g/mol. The van der Waals surface area contributed by atoms with Gasteiger partial charge in [0, 0.05) is 6.04 Å². The number of fused-ring (bicyclic) bond motifs is 1. The summed E-state index contributed by atoms with van der Waals surface area (Å²) >= 11 is 3.37. The van der Waals surface area contributed by atoms with Gasteiger partial charge in [-0.05, 0) is 48.9 Å². The van der Waals surface area contributed by atoms with Gasteiger partial charge in [0.1, 0.15) is 22.9 Å². The maximum absolute atomic E-state index is 12.1. The first-order chi connectivity index (χ1) is 13.2. The highest BCUT2D eigenvalue weighted by atomic mass is 35.5. The summed E-state index contributed by atoms with van der Waals surface area (Å²) < 4.78 is 55.4. The fourth-order valence-corrected chi connectivity index (χ4v) is 3.76. The van der Waals surface area contributed by atoms with Crippen LogP contribution in [-0.4, -0.2) is 26.6 Å². The second-order valence-corrected chi connectivity index (χ2v) is 7.29. The van der Waals surface area contributed by atoms with E-state index in [0.717, 1.165) is 23.2 Å². The maximum atomic E-state index is 12.1. The van der Waals surface area contributed by atoms with Crippen molar-refractivity contribution in [2.24, 2.45) is 0 Å². The Balaban J connectivity index is 1.65. The molecule has 0 radical (unpaired) electrons. The lowest BCUT2D eigenvalue weighted by molar-refractivity contribution is -0.271. The molecule has 2 atom stereocenters. The van der Waals surface area contributed by atoms with Gasteiger partial charge in [-0.3, -0.25) is 0 Å². The Labute approximate surface area is 167 Å². The van der Waals surface area contributed by atoms with Gasteiger partial charge in [-0.15, -0.1) is 13.2 Å². The van der Waals surface area contributed by atoms with E-state index in [2.05, 4.69) is 19.5 Å². The Morgan fingerprint density at radius 2 is 2.11 bits per heavy atom. The molecule has 1 N–H and O–H groups in total. The van der Waals surface area contributed by atoms with Crippen LogP contribution in [0, 0.1) is 0 Å². The van der Waals surface area contributed by atoms with Crippen molar-refractivity contribution in [3.8, 4) is 5.75 Å². The average Bonchev–Trinajstić information content (AvgIpc) is 2.62. The maximum Gasteiger partial charge on any atom is 0.537 e. The molecule has 1 aromatic heterocycles. The number of nitrogens with zero attached hydrogens (tertiary/aromatic N) is 2. The van der Waals surface area contributed by atoms with Crippen molar-refractivity contribution in [1.82, 2.24) is 9.97 Å². The van der Waals surface area contributed by atoms with E-state index >= 15 is 0 Å². The van der Waals surface area contributed by atoms with Gasteiger partial charge in [-0.25, -0.2) is 9.97 Å². The first-order valence-electron chi connectivity index (χ1n) is 8.49. The standard InChI is InChI=1S/C17H17ClF3N3O3S/c1-2-14-15(18)16(23-9-22-14)24-12-5-3-11-8-13(6-4-10(11)7-12)26-28(25)27-17(19,20)21/h4,6,8-9,12H,2-3,5,7H2,1H3,(H,22,23,24). The molecule has 0 saturated carbocycles. The zero-order valence-corrected chi connectivity index (χ0v) is 16.3. The van der Waals surface area contributed by atoms with E-state index in [0.29, 0.717) is 30.1 Å². The minimum absolute atomic E-state index is 0.0548. The molecule has 11 heteroatoms. The molecule has 0 amide bonds. The topological polar surface area (TPSA) is 73.3 Å². The number of nitrogens with one attached hydrogen (secondary N) is 1. The summed E-state index contributed by atoms with van der Waals surface area (Å²) in [5.41, 5.74) is 2.70. The van der Waals surface area contributed by atoms with Gasteiger partial charge in [0.15, 0.2) is 0 Å². The summed E-state index contributed by atoms with van der Waals surface area (Å²) in [4.78, 5) is 8.34. The molecule has 0 saturated heterocycles. The van der Waals surface area contributed by atoms with E-state index < -0.39 is 17.7 Å². The summed E-state index contributed by atoms with van der Waals surface area (Å²) in [5.74, 6) is 0.640. The number of halogens is 4. The highest BCUT2D eigenvalue weighted by Gasteiger charge is 2.34. The molecule has 1 aliphatic rings. The molecule has 2 aromatic rings. The molecular formula is C17H17ClF3N3O3S. The van der Waals surface area contributed by atoms with Crippen molar-refractivity contribution in [3.05, 3.63) is 46.4 Å². The molecule has 1 aliphatic carbocycles. The number of hydrogen-bond donors (Lipinski definition) is 1. The van der Waals surface area contributed by atoms with E-state index in [9.17, 15) is 17.4 Å². The van der Waals surface area contributed by atoms with Crippen molar-refractivity contribution < 1.29 is 25.7 Å². The van der Waals surface area contributed by atoms with Crippen molar-refractivity contribution in [2.45, 2.75) is 45.0 Å². The Morgan fingerprint density at radius 3 is 2.82 bits per heavy atom. The molecule has 152 valence electrons. The van der Waals surface area contributed by atoms with Crippen molar-refractivity contribution >= 4 is 28.8 Å². The summed E-state index contributed by atoms with van der Waals surface area (Å²) in [7, 11) is 0. The van der Waals surface area contributed by atoms with Crippen LogP contribution in [0.1, 0.15) is 30.2 Å². The first kappa shape index (κ1) is 20.8. The van der Waals surface area contributed by atoms with Gasteiger partial charge in [0.05, 0.1) is 5.69 Å². The molecule has 0 aliphatic heterocycles. The molecule has 3 rings (SSSR count). The molecule has 0 bridgehead atoms. The third-order valence-electron chi connectivity index (χ3n) is 4.27. The van der Waals surface area contributed by atoms with Gasteiger partial charge in [0.25, 0.3) is 0 Å². The van der Waals surface area contributed by atoms with E-state index in [1.807, 2.05) is 6.92 Å².